The molecule has 1 unspecified atom stereocenters. The van der Waals surface area contributed by atoms with Gasteiger partial charge in [0.25, 0.3) is 0 Å². The summed E-state index contributed by atoms with van der Waals surface area (Å²) in [6, 6.07) is 14.2. The monoisotopic (exact) mass is 322 g/mol. The van der Waals surface area contributed by atoms with E-state index in [4.69, 9.17) is 4.74 Å². The summed E-state index contributed by atoms with van der Waals surface area (Å²) in [6.45, 7) is 2.29. The summed E-state index contributed by atoms with van der Waals surface area (Å²) in [5.41, 5.74) is 4.42. The highest BCUT2D eigenvalue weighted by molar-refractivity contribution is 5.96. The van der Waals surface area contributed by atoms with Crippen molar-refractivity contribution in [3.8, 4) is 5.75 Å². The van der Waals surface area contributed by atoms with E-state index in [-0.39, 0.29) is 11.8 Å². The van der Waals surface area contributed by atoms with Gasteiger partial charge in [-0.1, -0.05) is 24.3 Å². The molecule has 0 radical (unpaired) electrons. The quantitative estimate of drug-likeness (QED) is 0.892. The van der Waals surface area contributed by atoms with Crippen LogP contribution < -0.4 is 15.4 Å². The van der Waals surface area contributed by atoms with Crippen molar-refractivity contribution in [1.82, 2.24) is 5.32 Å². The predicted octanol–water partition coefficient (Wildman–Crippen LogP) is 3.23. The third-order valence-corrected chi connectivity index (χ3v) is 4.87. The standard InChI is InChI=1S/C20H22N2O2/c23-20(18-7-3-5-14-4-1-2-6-17(14)18)22-16-8-9-19-15(12-16)13-21-10-11-24-19/h1-2,4,6,8-9,12,18,21H,3,5,7,10-11,13H2,(H,22,23). The van der Waals surface area contributed by atoms with Crippen LogP contribution in [0.15, 0.2) is 42.5 Å². The summed E-state index contributed by atoms with van der Waals surface area (Å²) in [4.78, 5) is 12.8. The van der Waals surface area contributed by atoms with Crippen molar-refractivity contribution >= 4 is 11.6 Å². The number of hydrogen-bond donors (Lipinski definition) is 2. The minimum absolute atomic E-state index is 0.0527. The fraction of sp³-hybridized carbons (Fsp3) is 0.350. The van der Waals surface area contributed by atoms with E-state index in [2.05, 4.69) is 28.8 Å². The molecule has 1 aliphatic carbocycles. The Kier molecular flexibility index (Phi) is 4.22. The Labute approximate surface area is 142 Å². The second-order valence-corrected chi connectivity index (χ2v) is 6.48. The Morgan fingerprint density at radius 2 is 2.08 bits per heavy atom. The molecule has 1 amide bonds. The summed E-state index contributed by atoms with van der Waals surface area (Å²) < 4.78 is 5.70. The molecular formula is C20H22N2O2. The molecule has 2 aromatic rings. The summed E-state index contributed by atoms with van der Waals surface area (Å²) >= 11 is 0. The number of amides is 1. The first kappa shape index (κ1) is 15.2. The summed E-state index contributed by atoms with van der Waals surface area (Å²) in [6.07, 6.45) is 3.05. The van der Waals surface area contributed by atoms with Gasteiger partial charge in [-0.2, -0.15) is 0 Å². The van der Waals surface area contributed by atoms with Crippen molar-refractivity contribution in [2.24, 2.45) is 0 Å². The lowest BCUT2D eigenvalue weighted by atomic mass is 9.82. The van der Waals surface area contributed by atoms with Gasteiger partial charge in [-0.05, 0) is 48.6 Å². The van der Waals surface area contributed by atoms with E-state index in [9.17, 15) is 4.79 Å². The molecule has 1 heterocycles. The number of anilines is 1. The maximum absolute atomic E-state index is 12.8. The lowest BCUT2D eigenvalue weighted by Crippen LogP contribution is -2.24. The molecule has 4 rings (SSSR count). The normalized spacial score (nSPS) is 19.4. The highest BCUT2D eigenvalue weighted by atomic mass is 16.5. The zero-order valence-corrected chi connectivity index (χ0v) is 13.7. The predicted molar refractivity (Wildman–Crippen MR) is 94.4 cm³/mol. The van der Waals surface area contributed by atoms with E-state index in [0.717, 1.165) is 49.4 Å². The molecule has 124 valence electrons. The van der Waals surface area contributed by atoms with Gasteiger partial charge in [0.2, 0.25) is 5.91 Å². The first-order valence-electron chi connectivity index (χ1n) is 8.66. The van der Waals surface area contributed by atoms with Crippen molar-refractivity contribution in [2.45, 2.75) is 31.7 Å². The Morgan fingerprint density at radius 3 is 3.04 bits per heavy atom. The highest BCUT2D eigenvalue weighted by Crippen LogP contribution is 2.33. The number of ether oxygens (including phenoxy) is 1. The number of rotatable bonds is 2. The van der Waals surface area contributed by atoms with Gasteiger partial charge in [-0.15, -0.1) is 0 Å². The van der Waals surface area contributed by atoms with Crippen molar-refractivity contribution in [2.75, 3.05) is 18.5 Å². The van der Waals surface area contributed by atoms with Crippen LogP contribution >= 0.6 is 0 Å². The van der Waals surface area contributed by atoms with Crippen LogP contribution in [-0.4, -0.2) is 19.1 Å². The minimum Gasteiger partial charge on any atom is -0.492 e. The second kappa shape index (κ2) is 6.65. The average Bonchev–Trinajstić information content (AvgIpc) is 2.86. The van der Waals surface area contributed by atoms with Crippen molar-refractivity contribution in [3.05, 3.63) is 59.2 Å². The van der Waals surface area contributed by atoms with E-state index >= 15 is 0 Å². The van der Waals surface area contributed by atoms with Crippen LogP contribution in [0.25, 0.3) is 0 Å². The van der Waals surface area contributed by atoms with Gasteiger partial charge in [0.15, 0.2) is 0 Å². The SMILES string of the molecule is O=C(Nc1ccc2c(c1)CNCCO2)C1CCCc2ccccc21. The summed E-state index contributed by atoms with van der Waals surface area (Å²) in [5.74, 6) is 0.939. The first-order chi connectivity index (χ1) is 11.8. The van der Waals surface area contributed by atoms with Crippen molar-refractivity contribution in [3.63, 3.8) is 0 Å². The Hall–Kier alpha value is -2.33. The van der Waals surface area contributed by atoms with Gasteiger partial charge in [0.1, 0.15) is 12.4 Å². The molecule has 0 bridgehead atoms. The van der Waals surface area contributed by atoms with Crippen LogP contribution in [0.4, 0.5) is 5.69 Å². The molecule has 0 spiro atoms. The largest absolute Gasteiger partial charge is 0.492 e. The molecule has 0 fully saturated rings. The number of carbonyl (C=O) groups is 1. The van der Waals surface area contributed by atoms with E-state index in [1.807, 2.05) is 24.3 Å². The molecular weight excluding hydrogens is 300 g/mol. The fourth-order valence-corrected chi connectivity index (χ4v) is 3.65. The van der Waals surface area contributed by atoms with Crippen LogP contribution in [0.3, 0.4) is 0 Å². The van der Waals surface area contributed by atoms with Gasteiger partial charge < -0.3 is 15.4 Å². The number of aryl methyl sites for hydroxylation is 1. The summed E-state index contributed by atoms with van der Waals surface area (Å²) in [5, 5.41) is 6.42. The number of carbonyl (C=O) groups excluding carboxylic acids is 1. The Bertz CT molecular complexity index is 757. The zero-order valence-electron chi connectivity index (χ0n) is 13.7. The van der Waals surface area contributed by atoms with E-state index in [0.29, 0.717) is 6.61 Å². The number of hydrogen-bond acceptors (Lipinski definition) is 3. The molecule has 2 aromatic carbocycles. The van der Waals surface area contributed by atoms with Gasteiger partial charge >= 0.3 is 0 Å². The number of benzene rings is 2. The maximum atomic E-state index is 12.8. The third kappa shape index (κ3) is 3.02. The molecule has 0 saturated carbocycles. The number of fused-ring (bicyclic) bond motifs is 2. The molecule has 1 aliphatic heterocycles. The molecule has 2 aliphatic rings. The molecule has 0 saturated heterocycles. The molecule has 4 nitrogen and oxygen atoms in total. The van der Waals surface area contributed by atoms with Crippen LogP contribution in [0.5, 0.6) is 5.75 Å². The lowest BCUT2D eigenvalue weighted by Gasteiger charge is -2.24. The van der Waals surface area contributed by atoms with E-state index in [1.165, 1.54) is 11.1 Å². The summed E-state index contributed by atoms with van der Waals surface area (Å²) in [7, 11) is 0. The average molecular weight is 322 g/mol. The number of nitrogens with one attached hydrogen (secondary N) is 2. The fourth-order valence-electron chi connectivity index (χ4n) is 3.65. The van der Waals surface area contributed by atoms with Gasteiger partial charge in [-0.25, -0.2) is 0 Å². The Balaban J connectivity index is 1.54. The van der Waals surface area contributed by atoms with E-state index in [1.54, 1.807) is 0 Å². The topological polar surface area (TPSA) is 50.4 Å². The van der Waals surface area contributed by atoms with Gasteiger partial charge in [0, 0.05) is 24.3 Å². The molecule has 1 atom stereocenters. The minimum atomic E-state index is -0.0527. The van der Waals surface area contributed by atoms with Gasteiger partial charge in [0.05, 0.1) is 5.92 Å². The second-order valence-electron chi connectivity index (χ2n) is 6.48. The first-order valence-corrected chi connectivity index (χ1v) is 8.66. The van der Waals surface area contributed by atoms with Crippen molar-refractivity contribution < 1.29 is 9.53 Å². The third-order valence-electron chi connectivity index (χ3n) is 4.87. The van der Waals surface area contributed by atoms with Crippen LogP contribution in [-0.2, 0) is 17.8 Å². The lowest BCUT2D eigenvalue weighted by molar-refractivity contribution is -0.117. The van der Waals surface area contributed by atoms with Gasteiger partial charge in [-0.3, -0.25) is 4.79 Å². The molecule has 4 heteroatoms. The highest BCUT2D eigenvalue weighted by Gasteiger charge is 2.26. The molecule has 0 aromatic heterocycles. The van der Waals surface area contributed by atoms with Crippen molar-refractivity contribution in [1.29, 1.82) is 0 Å². The zero-order chi connectivity index (χ0) is 16.4. The van der Waals surface area contributed by atoms with Crippen LogP contribution in [0, 0.1) is 0 Å². The smallest absolute Gasteiger partial charge is 0.231 e. The Morgan fingerprint density at radius 1 is 1.17 bits per heavy atom. The van der Waals surface area contributed by atoms with Crippen LogP contribution in [0.2, 0.25) is 0 Å². The molecule has 24 heavy (non-hydrogen) atoms. The van der Waals surface area contributed by atoms with E-state index < -0.39 is 0 Å². The van der Waals surface area contributed by atoms with Crippen LogP contribution in [0.1, 0.15) is 35.4 Å². The molecule has 2 N–H and O–H groups in total. The maximum Gasteiger partial charge on any atom is 0.231 e.